The highest BCUT2D eigenvalue weighted by Crippen LogP contribution is 2.34. The summed E-state index contributed by atoms with van der Waals surface area (Å²) in [5, 5.41) is 36.6. The normalized spacial score (nSPS) is 9.00. The van der Waals surface area contributed by atoms with E-state index < -0.39 is 11.5 Å². The lowest BCUT2D eigenvalue weighted by atomic mass is 9.99. The van der Waals surface area contributed by atoms with Gasteiger partial charge >= 0.3 is 0 Å². The van der Waals surface area contributed by atoms with Gasteiger partial charge in [0.15, 0.2) is 11.5 Å². The minimum atomic E-state index is -0.492. The Morgan fingerprint density at radius 1 is 1.25 bits per heavy atom. The number of hydrogen-bond donors (Lipinski definition) is 2. The van der Waals surface area contributed by atoms with E-state index in [1.807, 2.05) is 19.9 Å². The average Bonchev–Trinajstić information content (AvgIpc) is 2.23. The van der Waals surface area contributed by atoms with Crippen LogP contribution in [0.4, 0.5) is 0 Å². The summed E-state index contributed by atoms with van der Waals surface area (Å²) in [7, 11) is 0. The first-order valence-electron chi connectivity index (χ1n) is 4.55. The van der Waals surface area contributed by atoms with Gasteiger partial charge in [0.25, 0.3) is 0 Å². The molecule has 4 heteroatoms. The molecule has 0 amide bonds. The summed E-state index contributed by atoms with van der Waals surface area (Å²) in [4.78, 5) is 0. The Morgan fingerprint density at radius 2 is 1.88 bits per heavy atom. The molecule has 0 fully saturated rings. The maximum Gasteiger partial charge on any atom is 0.176 e. The highest BCUT2D eigenvalue weighted by molar-refractivity contribution is 5.72. The molecule has 16 heavy (non-hydrogen) atoms. The van der Waals surface area contributed by atoms with Crippen molar-refractivity contribution in [3.8, 4) is 23.6 Å². The topological polar surface area (TPSA) is 88.0 Å². The van der Waals surface area contributed by atoms with Crippen LogP contribution in [-0.4, -0.2) is 10.2 Å². The van der Waals surface area contributed by atoms with Crippen LogP contribution in [-0.2, 0) is 0 Å². The third kappa shape index (κ3) is 1.97. The van der Waals surface area contributed by atoms with Gasteiger partial charge in [-0.15, -0.1) is 0 Å². The van der Waals surface area contributed by atoms with Crippen LogP contribution in [0.5, 0.6) is 11.5 Å². The Labute approximate surface area is 93.3 Å². The molecule has 0 aliphatic rings. The summed E-state index contributed by atoms with van der Waals surface area (Å²) in [5.41, 5.74) is 1.30. The lowest BCUT2D eigenvalue weighted by Gasteiger charge is -2.06. The molecule has 0 heterocycles. The Bertz CT molecular complexity index is 542. The van der Waals surface area contributed by atoms with Crippen molar-refractivity contribution >= 4 is 6.08 Å². The monoisotopic (exact) mass is 214 g/mol. The number of phenolic OH excluding ortho intramolecular Hbond substituents is 2. The van der Waals surface area contributed by atoms with Crippen molar-refractivity contribution < 1.29 is 10.2 Å². The van der Waals surface area contributed by atoms with Gasteiger partial charge in [-0.2, -0.15) is 10.5 Å². The van der Waals surface area contributed by atoms with Gasteiger partial charge in [-0.3, -0.25) is 0 Å². The molecular weight excluding hydrogens is 204 g/mol. The zero-order chi connectivity index (χ0) is 12.3. The number of phenols is 2. The Hall–Kier alpha value is -2.46. The molecule has 1 aromatic carbocycles. The molecule has 0 aliphatic heterocycles. The van der Waals surface area contributed by atoms with Gasteiger partial charge in [0, 0.05) is 11.6 Å². The van der Waals surface area contributed by atoms with Crippen molar-refractivity contribution in [1.29, 1.82) is 10.5 Å². The van der Waals surface area contributed by atoms with Crippen LogP contribution in [0.15, 0.2) is 11.6 Å². The Kier molecular flexibility index (Phi) is 3.17. The predicted octanol–water partition coefficient (Wildman–Crippen LogP) is 2.26. The van der Waals surface area contributed by atoms with Gasteiger partial charge in [-0.1, -0.05) is 11.6 Å². The first-order valence-corrected chi connectivity index (χ1v) is 4.55. The van der Waals surface area contributed by atoms with Gasteiger partial charge in [-0.25, -0.2) is 0 Å². The predicted molar refractivity (Wildman–Crippen MR) is 58.5 cm³/mol. The van der Waals surface area contributed by atoms with E-state index in [0.29, 0.717) is 5.56 Å². The number of rotatable bonds is 1. The van der Waals surface area contributed by atoms with E-state index in [4.69, 9.17) is 10.5 Å². The van der Waals surface area contributed by atoms with E-state index in [1.165, 1.54) is 0 Å². The molecule has 0 radical (unpaired) electrons. The SMILES string of the molecule is CC(C)=Cc1c(C#N)cc(O)c(O)c1C#N. The van der Waals surface area contributed by atoms with Crippen LogP contribution in [0.1, 0.15) is 30.5 Å². The number of hydrogen-bond acceptors (Lipinski definition) is 4. The highest BCUT2D eigenvalue weighted by atomic mass is 16.3. The second-order valence-corrected chi connectivity index (χ2v) is 3.53. The van der Waals surface area contributed by atoms with Gasteiger partial charge < -0.3 is 10.2 Å². The highest BCUT2D eigenvalue weighted by Gasteiger charge is 2.15. The van der Waals surface area contributed by atoms with E-state index >= 15 is 0 Å². The van der Waals surface area contributed by atoms with Crippen LogP contribution >= 0.6 is 0 Å². The molecular formula is C12H10N2O2. The third-order valence-electron chi connectivity index (χ3n) is 1.99. The molecule has 0 unspecified atom stereocenters. The Balaban J connectivity index is 3.70. The molecule has 1 aromatic rings. The Morgan fingerprint density at radius 3 is 2.31 bits per heavy atom. The number of allylic oxidation sites excluding steroid dienone is 1. The van der Waals surface area contributed by atoms with Gasteiger partial charge in [0.05, 0.1) is 11.6 Å². The second-order valence-electron chi connectivity index (χ2n) is 3.53. The fraction of sp³-hybridized carbons (Fsp3) is 0.167. The first kappa shape index (κ1) is 11.6. The number of nitrogens with zero attached hydrogens (tertiary/aromatic N) is 2. The van der Waals surface area contributed by atoms with Crippen molar-refractivity contribution in [3.63, 3.8) is 0 Å². The van der Waals surface area contributed by atoms with Crippen molar-refractivity contribution in [1.82, 2.24) is 0 Å². The molecule has 4 nitrogen and oxygen atoms in total. The van der Waals surface area contributed by atoms with E-state index in [1.54, 1.807) is 12.1 Å². The zero-order valence-electron chi connectivity index (χ0n) is 8.94. The fourth-order valence-corrected chi connectivity index (χ4v) is 1.32. The van der Waals surface area contributed by atoms with Gasteiger partial charge in [0.1, 0.15) is 11.6 Å². The van der Waals surface area contributed by atoms with Crippen LogP contribution < -0.4 is 0 Å². The summed E-state index contributed by atoms with van der Waals surface area (Å²) in [6.07, 6.45) is 1.62. The minimum Gasteiger partial charge on any atom is -0.504 e. The van der Waals surface area contributed by atoms with E-state index in [-0.39, 0.29) is 11.1 Å². The summed E-state index contributed by atoms with van der Waals surface area (Å²) >= 11 is 0. The standard InChI is InChI=1S/C12H10N2O2/c1-7(2)3-9-8(5-13)4-11(15)12(16)10(9)6-14/h3-4,15-16H,1-2H3. The lowest BCUT2D eigenvalue weighted by Crippen LogP contribution is -1.90. The molecule has 1 rings (SSSR count). The van der Waals surface area contributed by atoms with Crippen molar-refractivity contribution in [2.24, 2.45) is 0 Å². The zero-order valence-corrected chi connectivity index (χ0v) is 8.94. The number of benzene rings is 1. The molecule has 0 aromatic heterocycles. The molecule has 0 spiro atoms. The van der Waals surface area contributed by atoms with Gasteiger partial charge in [-0.05, 0) is 13.8 Å². The van der Waals surface area contributed by atoms with Crippen LogP contribution in [0.25, 0.3) is 6.08 Å². The van der Waals surface area contributed by atoms with Crippen molar-refractivity contribution in [2.45, 2.75) is 13.8 Å². The molecule has 2 N–H and O–H groups in total. The smallest absolute Gasteiger partial charge is 0.176 e. The molecule has 0 saturated heterocycles. The van der Waals surface area contributed by atoms with Crippen molar-refractivity contribution in [3.05, 3.63) is 28.3 Å². The van der Waals surface area contributed by atoms with Crippen molar-refractivity contribution in [2.75, 3.05) is 0 Å². The van der Waals surface area contributed by atoms with E-state index in [2.05, 4.69) is 0 Å². The largest absolute Gasteiger partial charge is 0.504 e. The van der Waals surface area contributed by atoms with E-state index in [9.17, 15) is 10.2 Å². The second kappa shape index (κ2) is 4.37. The summed E-state index contributed by atoms with van der Waals surface area (Å²) in [5.74, 6) is -0.951. The maximum atomic E-state index is 9.50. The summed E-state index contributed by atoms with van der Waals surface area (Å²) in [6.45, 7) is 3.62. The summed E-state index contributed by atoms with van der Waals surface area (Å²) in [6, 6.07) is 4.80. The van der Waals surface area contributed by atoms with Crippen LogP contribution in [0.3, 0.4) is 0 Å². The quantitative estimate of drug-likeness (QED) is 0.702. The van der Waals surface area contributed by atoms with Crippen LogP contribution in [0, 0.1) is 22.7 Å². The molecule has 0 bridgehead atoms. The molecule has 0 saturated carbocycles. The summed E-state index contributed by atoms with van der Waals surface area (Å²) < 4.78 is 0. The minimum absolute atomic E-state index is 0.0854. The first-order chi connectivity index (χ1) is 7.51. The third-order valence-corrected chi connectivity index (χ3v) is 1.99. The van der Waals surface area contributed by atoms with E-state index in [0.717, 1.165) is 11.6 Å². The van der Waals surface area contributed by atoms with Gasteiger partial charge in [0.2, 0.25) is 0 Å². The number of nitriles is 2. The fourth-order valence-electron chi connectivity index (χ4n) is 1.32. The average molecular weight is 214 g/mol. The van der Waals surface area contributed by atoms with Crippen LogP contribution in [0.2, 0.25) is 0 Å². The maximum absolute atomic E-state index is 9.50. The molecule has 0 atom stereocenters. The molecule has 80 valence electrons. The molecule has 0 aliphatic carbocycles. The lowest BCUT2D eigenvalue weighted by molar-refractivity contribution is 0.402. The number of aromatic hydroxyl groups is 2.